The number of aromatic nitrogens is 3. The molecular weight excluding hydrogens is 374 g/mol. The molecule has 28 heavy (non-hydrogen) atoms. The third-order valence-electron chi connectivity index (χ3n) is 4.70. The Kier molecular flexibility index (Phi) is 5.78. The number of nitrogens with one attached hydrogen (secondary N) is 1. The van der Waals surface area contributed by atoms with Crippen LogP contribution in [0.1, 0.15) is 6.92 Å². The van der Waals surface area contributed by atoms with Crippen LogP contribution in [-0.2, 0) is 16.1 Å². The average molecular weight is 398 g/mol. The van der Waals surface area contributed by atoms with E-state index in [-0.39, 0.29) is 11.7 Å². The van der Waals surface area contributed by atoms with E-state index in [4.69, 9.17) is 4.74 Å². The smallest absolute Gasteiger partial charge is 0.234 e. The van der Waals surface area contributed by atoms with Crippen LogP contribution in [0.5, 0.6) is 0 Å². The van der Waals surface area contributed by atoms with E-state index in [1.807, 2.05) is 42.5 Å². The fraction of sp³-hybridized carbons (Fsp3) is 0.350. The van der Waals surface area contributed by atoms with E-state index in [0.29, 0.717) is 13.2 Å². The molecule has 0 aliphatic carbocycles. The first-order valence-electron chi connectivity index (χ1n) is 9.42. The summed E-state index contributed by atoms with van der Waals surface area (Å²) in [7, 11) is 0. The quantitative estimate of drug-likeness (QED) is 0.645. The third-order valence-corrected chi connectivity index (χ3v) is 5.67. The van der Waals surface area contributed by atoms with Gasteiger partial charge in [-0.05, 0) is 18.4 Å². The van der Waals surface area contributed by atoms with Crippen molar-refractivity contribution >= 4 is 40.1 Å². The molecule has 7 nitrogen and oxygen atoms in total. The third kappa shape index (κ3) is 3.98. The molecule has 1 aliphatic rings. The Morgan fingerprint density at radius 3 is 2.75 bits per heavy atom. The van der Waals surface area contributed by atoms with Gasteiger partial charge >= 0.3 is 0 Å². The predicted molar refractivity (Wildman–Crippen MR) is 112 cm³/mol. The number of benzene rings is 2. The van der Waals surface area contributed by atoms with Crippen LogP contribution in [0.3, 0.4) is 0 Å². The zero-order valence-electron chi connectivity index (χ0n) is 15.8. The lowest BCUT2D eigenvalue weighted by molar-refractivity contribution is -0.113. The number of fused-ring (bicyclic) bond motifs is 1. The molecule has 1 amide bonds. The van der Waals surface area contributed by atoms with Crippen molar-refractivity contribution < 1.29 is 9.53 Å². The number of carbonyl (C=O) groups excluding carboxylic acids is 1. The molecular formula is C20H23N5O2S. The summed E-state index contributed by atoms with van der Waals surface area (Å²) in [6, 6.07) is 13.9. The van der Waals surface area contributed by atoms with Crippen LogP contribution in [0.25, 0.3) is 10.8 Å². The molecule has 2 aromatic carbocycles. The highest BCUT2D eigenvalue weighted by Gasteiger charge is 2.20. The van der Waals surface area contributed by atoms with Gasteiger partial charge in [-0.1, -0.05) is 48.2 Å². The monoisotopic (exact) mass is 397 g/mol. The molecule has 0 saturated carbocycles. The highest BCUT2D eigenvalue weighted by atomic mass is 32.2. The molecule has 8 heteroatoms. The van der Waals surface area contributed by atoms with Crippen molar-refractivity contribution in [2.45, 2.75) is 18.6 Å². The standard InChI is InChI=1S/C20H23N5O2S/c1-2-25-19(24-10-12-27-13-11-24)22-23-20(25)28-14-18(26)21-17-9-5-7-15-6-3-4-8-16(15)17/h3-9H,2,10-14H2,1H3,(H,21,26). The van der Waals surface area contributed by atoms with Crippen LogP contribution in [0.2, 0.25) is 0 Å². The summed E-state index contributed by atoms with van der Waals surface area (Å²) in [4.78, 5) is 14.7. The molecule has 1 aromatic heterocycles. The van der Waals surface area contributed by atoms with Crippen molar-refractivity contribution in [1.29, 1.82) is 0 Å². The number of rotatable bonds is 6. The fourth-order valence-electron chi connectivity index (χ4n) is 3.31. The van der Waals surface area contributed by atoms with Crippen LogP contribution >= 0.6 is 11.8 Å². The number of nitrogens with zero attached hydrogens (tertiary/aromatic N) is 4. The Labute approximate surface area is 168 Å². The first kappa shape index (κ1) is 18.8. The van der Waals surface area contributed by atoms with Crippen molar-refractivity contribution in [2.75, 3.05) is 42.3 Å². The number of morpholine rings is 1. The van der Waals surface area contributed by atoms with Crippen molar-refractivity contribution in [3.05, 3.63) is 42.5 Å². The van der Waals surface area contributed by atoms with Gasteiger partial charge in [-0.15, -0.1) is 10.2 Å². The summed E-state index contributed by atoms with van der Waals surface area (Å²) in [6.07, 6.45) is 0. The summed E-state index contributed by atoms with van der Waals surface area (Å²) in [5, 5.41) is 14.6. The molecule has 3 aromatic rings. The molecule has 1 aliphatic heterocycles. The second-order valence-electron chi connectivity index (χ2n) is 6.49. The maximum absolute atomic E-state index is 12.5. The number of anilines is 2. The fourth-order valence-corrected chi connectivity index (χ4v) is 4.11. The van der Waals surface area contributed by atoms with Crippen LogP contribution in [0.4, 0.5) is 11.6 Å². The molecule has 4 rings (SSSR count). The molecule has 0 bridgehead atoms. The zero-order valence-corrected chi connectivity index (χ0v) is 16.6. The molecule has 1 N–H and O–H groups in total. The topological polar surface area (TPSA) is 72.3 Å². The first-order chi connectivity index (χ1) is 13.8. The molecule has 0 spiro atoms. The number of carbonyl (C=O) groups is 1. The Hall–Kier alpha value is -2.58. The van der Waals surface area contributed by atoms with Gasteiger partial charge in [-0.2, -0.15) is 0 Å². The number of hydrogen-bond acceptors (Lipinski definition) is 6. The van der Waals surface area contributed by atoms with Gasteiger partial charge in [0.1, 0.15) is 0 Å². The largest absolute Gasteiger partial charge is 0.378 e. The van der Waals surface area contributed by atoms with Crippen molar-refractivity contribution in [3.63, 3.8) is 0 Å². The average Bonchev–Trinajstić information content (AvgIpc) is 3.16. The first-order valence-corrected chi connectivity index (χ1v) is 10.4. The van der Waals surface area contributed by atoms with E-state index < -0.39 is 0 Å². The van der Waals surface area contributed by atoms with E-state index in [2.05, 4.69) is 31.9 Å². The lowest BCUT2D eigenvalue weighted by Gasteiger charge is -2.27. The molecule has 0 radical (unpaired) electrons. The van der Waals surface area contributed by atoms with Crippen LogP contribution in [0.15, 0.2) is 47.6 Å². The van der Waals surface area contributed by atoms with E-state index in [1.165, 1.54) is 11.8 Å². The Bertz CT molecular complexity index is 963. The van der Waals surface area contributed by atoms with E-state index in [0.717, 1.165) is 47.2 Å². The van der Waals surface area contributed by atoms with Gasteiger partial charge in [-0.3, -0.25) is 9.36 Å². The summed E-state index contributed by atoms with van der Waals surface area (Å²) in [5.41, 5.74) is 0.828. The summed E-state index contributed by atoms with van der Waals surface area (Å²) in [5.74, 6) is 1.08. The summed E-state index contributed by atoms with van der Waals surface area (Å²) >= 11 is 1.41. The Balaban J connectivity index is 1.43. The Morgan fingerprint density at radius 1 is 1.14 bits per heavy atom. The molecule has 2 heterocycles. The lowest BCUT2D eigenvalue weighted by Crippen LogP contribution is -2.38. The molecule has 0 atom stereocenters. The van der Waals surface area contributed by atoms with Crippen LogP contribution < -0.4 is 10.2 Å². The van der Waals surface area contributed by atoms with Gasteiger partial charge in [0, 0.05) is 30.7 Å². The minimum Gasteiger partial charge on any atom is -0.378 e. The van der Waals surface area contributed by atoms with Gasteiger partial charge in [0.2, 0.25) is 11.9 Å². The maximum Gasteiger partial charge on any atom is 0.234 e. The van der Waals surface area contributed by atoms with Gasteiger partial charge in [0.15, 0.2) is 5.16 Å². The zero-order chi connectivity index (χ0) is 19.3. The van der Waals surface area contributed by atoms with E-state index >= 15 is 0 Å². The number of ether oxygens (including phenoxy) is 1. The van der Waals surface area contributed by atoms with Crippen molar-refractivity contribution in [1.82, 2.24) is 14.8 Å². The minimum absolute atomic E-state index is 0.0556. The lowest BCUT2D eigenvalue weighted by atomic mass is 10.1. The summed E-state index contributed by atoms with van der Waals surface area (Å²) in [6.45, 7) is 5.84. The number of hydrogen-bond donors (Lipinski definition) is 1. The van der Waals surface area contributed by atoms with Crippen molar-refractivity contribution in [2.24, 2.45) is 0 Å². The number of amides is 1. The predicted octanol–water partition coefficient (Wildman–Crippen LogP) is 3.02. The molecule has 0 unspecified atom stereocenters. The number of thioether (sulfide) groups is 1. The van der Waals surface area contributed by atoms with Crippen LogP contribution in [0, 0.1) is 0 Å². The van der Waals surface area contributed by atoms with Gasteiger partial charge in [-0.25, -0.2) is 0 Å². The summed E-state index contributed by atoms with van der Waals surface area (Å²) < 4.78 is 7.47. The van der Waals surface area contributed by atoms with Crippen molar-refractivity contribution in [3.8, 4) is 0 Å². The van der Waals surface area contributed by atoms with Gasteiger partial charge < -0.3 is 15.0 Å². The van der Waals surface area contributed by atoms with Crippen LogP contribution in [-0.4, -0.2) is 52.7 Å². The second-order valence-corrected chi connectivity index (χ2v) is 7.43. The molecule has 1 saturated heterocycles. The molecule has 1 fully saturated rings. The molecule has 146 valence electrons. The maximum atomic E-state index is 12.5. The highest BCUT2D eigenvalue weighted by Crippen LogP contribution is 2.25. The van der Waals surface area contributed by atoms with E-state index in [9.17, 15) is 4.79 Å². The van der Waals surface area contributed by atoms with E-state index in [1.54, 1.807) is 0 Å². The van der Waals surface area contributed by atoms with Gasteiger partial charge in [0.25, 0.3) is 0 Å². The Morgan fingerprint density at radius 2 is 1.93 bits per heavy atom. The second kappa shape index (κ2) is 8.62. The normalized spacial score (nSPS) is 14.4. The van der Waals surface area contributed by atoms with Gasteiger partial charge in [0.05, 0.1) is 19.0 Å². The minimum atomic E-state index is -0.0556. The highest BCUT2D eigenvalue weighted by molar-refractivity contribution is 7.99. The SMILES string of the molecule is CCn1c(SCC(=O)Nc2cccc3ccccc23)nnc1N1CCOCC1.